The minimum Gasteiger partial charge on any atom is -0.493 e. The highest BCUT2D eigenvalue weighted by molar-refractivity contribution is 7.14. The van der Waals surface area contributed by atoms with Gasteiger partial charge in [0.1, 0.15) is 11.4 Å². The van der Waals surface area contributed by atoms with Crippen molar-refractivity contribution in [3.8, 4) is 17.2 Å². The molecule has 3 rings (SSSR count). The first-order valence-electron chi connectivity index (χ1n) is 7.61. The molecule has 3 aromatic rings. The van der Waals surface area contributed by atoms with Crippen molar-refractivity contribution in [1.29, 1.82) is 0 Å². The Morgan fingerprint density at radius 2 is 2.17 bits per heavy atom. The Kier molecular flexibility index (Phi) is 4.96. The second-order valence-electron chi connectivity index (χ2n) is 5.41. The van der Waals surface area contributed by atoms with Gasteiger partial charge < -0.3 is 14.5 Å². The molecule has 1 N–H and O–H groups in total. The summed E-state index contributed by atoms with van der Waals surface area (Å²) >= 11 is 1.37. The second kappa shape index (κ2) is 7.31. The minimum absolute atomic E-state index is 0.126. The predicted molar refractivity (Wildman–Crippen MR) is 94.5 cm³/mol. The molecule has 5 nitrogen and oxygen atoms in total. The van der Waals surface area contributed by atoms with E-state index in [1.807, 2.05) is 36.6 Å². The normalized spacial score (nSPS) is 10.6. The molecule has 0 aliphatic heterocycles. The molecule has 0 bridgehead atoms. The highest BCUT2D eigenvalue weighted by atomic mass is 32.1. The lowest BCUT2D eigenvalue weighted by atomic mass is 10.1. The number of amides is 1. The molecular weight excluding hydrogens is 324 g/mol. The van der Waals surface area contributed by atoms with Crippen LogP contribution in [-0.4, -0.2) is 17.5 Å². The van der Waals surface area contributed by atoms with Gasteiger partial charge in [0, 0.05) is 5.38 Å². The summed E-state index contributed by atoms with van der Waals surface area (Å²) in [7, 11) is 0. The summed E-state index contributed by atoms with van der Waals surface area (Å²) in [5.74, 6) is 1.34. The van der Waals surface area contributed by atoms with Crippen molar-refractivity contribution in [3.63, 3.8) is 0 Å². The van der Waals surface area contributed by atoms with Crippen LogP contribution in [0, 0.1) is 13.8 Å². The lowest BCUT2D eigenvalue weighted by Crippen LogP contribution is -2.15. The fourth-order valence-electron chi connectivity index (χ4n) is 2.12. The summed E-state index contributed by atoms with van der Waals surface area (Å²) in [4.78, 5) is 16.3. The van der Waals surface area contributed by atoms with E-state index in [1.165, 1.54) is 22.5 Å². The Morgan fingerprint density at radius 1 is 1.29 bits per heavy atom. The van der Waals surface area contributed by atoms with E-state index in [0.717, 1.165) is 5.75 Å². The number of hydrogen-bond acceptors (Lipinski definition) is 5. The summed E-state index contributed by atoms with van der Waals surface area (Å²) in [5, 5.41) is 5.18. The van der Waals surface area contributed by atoms with Gasteiger partial charge in [0.25, 0.3) is 0 Å². The van der Waals surface area contributed by atoms with E-state index in [1.54, 1.807) is 12.3 Å². The third-order valence-electron chi connectivity index (χ3n) is 3.60. The van der Waals surface area contributed by atoms with Crippen molar-refractivity contribution >= 4 is 22.4 Å². The highest BCUT2D eigenvalue weighted by Crippen LogP contribution is 2.25. The van der Waals surface area contributed by atoms with Crippen molar-refractivity contribution in [2.75, 3.05) is 11.9 Å². The molecule has 2 aromatic heterocycles. The maximum absolute atomic E-state index is 12.0. The fourth-order valence-corrected chi connectivity index (χ4v) is 2.83. The number of thiazole rings is 1. The van der Waals surface area contributed by atoms with Crippen LogP contribution in [0.25, 0.3) is 11.5 Å². The molecule has 1 aromatic carbocycles. The van der Waals surface area contributed by atoms with Gasteiger partial charge in [-0.1, -0.05) is 6.07 Å². The van der Waals surface area contributed by atoms with Gasteiger partial charge in [-0.2, -0.15) is 0 Å². The van der Waals surface area contributed by atoms with Gasteiger partial charge in [-0.3, -0.25) is 4.79 Å². The van der Waals surface area contributed by atoms with Crippen molar-refractivity contribution in [2.45, 2.75) is 20.3 Å². The van der Waals surface area contributed by atoms with Gasteiger partial charge in [-0.05, 0) is 49.2 Å². The summed E-state index contributed by atoms with van der Waals surface area (Å²) in [6.07, 6.45) is 1.86. The molecule has 0 aliphatic rings. The molecule has 0 saturated carbocycles. The fraction of sp³-hybridized carbons (Fsp3) is 0.222. The van der Waals surface area contributed by atoms with Crippen LogP contribution in [-0.2, 0) is 4.79 Å². The third-order valence-corrected chi connectivity index (χ3v) is 4.36. The van der Waals surface area contributed by atoms with Crippen LogP contribution in [0.2, 0.25) is 0 Å². The number of carbonyl (C=O) groups excluding carboxylic acids is 1. The number of ether oxygens (including phenoxy) is 1. The monoisotopic (exact) mass is 342 g/mol. The van der Waals surface area contributed by atoms with Gasteiger partial charge in [-0.25, -0.2) is 4.98 Å². The van der Waals surface area contributed by atoms with Gasteiger partial charge in [0.15, 0.2) is 10.9 Å². The number of nitrogens with one attached hydrogen (secondary N) is 1. The van der Waals surface area contributed by atoms with Crippen LogP contribution in [0.1, 0.15) is 17.5 Å². The number of carbonyl (C=O) groups is 1. The van der Waals surface area contributed by atoms with Gasteiger partial charge >= 0.3 is 0 Å². The molecule has 1 amide bonds. The number of aromatic nitrogens is 1. The number of hydrogen-bond donors (Lipinski definition) is 1. The molecule has 124 valence electrons. The molecule has 0 spiro atoms. The zero-order valence-electron chi connectivity index (χ0n) is 13.5. The van der Waals surface area contributed by atoms with E-state index in [2.05, 4.69) is 17.2 Å². The van der Waals surface area contributed by atoms with Crippen LogP contribution in [0.5, 0.6) is 5.75 Å². The zero-order chi connectivity index (χ0) is 16.9. The summed E-state index contributed by atoms with van der Waals surface area (Å²) in [5.41, 5.74) is 3.10. The first-order valence-corrected chi connectivity index (χ1v) is 8.49. The van der Waals surface area contributed by atoms with Crippen LogP contribution in [0.3, 0.4) is 0 Å². The molecule has 0 unspecified atom stereocenters. The van der Waals surface area contributed by atoms with E-state index in [-0.39, 0.29) is 12.3 Å². The van der Waals surface area contributed by atoms with Gasteiger partial charge in [0.05, 0.1) is 19.3 Å². The molecule has 0 aliphatic carbocycles. The average Bonchev–Trinajstić information content (AvgIpc) is 3.22. The minimum atomic E-state index is -0.126. The molecule has 0 atom stereocenters. The number of rotatable bonds is 6. The Balaban J connectivity index is 1.48. The smallest absolute Gasteiger partial charge is 0.229 e. The van der Waals surface area contributed by atoms with Crippen molar-refractivity contribution in [3.05, 3.63) is 53.1 Å². The maximum atomic E-state index is 12.0. The standard InChI is InChI=1S/C18H18N2O3S/c1-12-5-6-14(10-13(12)2)22-9-7-17(21)20-18-19-15(11-24-18)16-4-3-8-23-16/h3-6,8,10-11H,7,9H2,1-2H3,(H,19,20,21). The lowest BCUT2D eigenvalue weighted by Gasteiger charge is -2.08. The van der Waals surface area contributed by atoms with E-state index in [0.29, 0.717) is 23.2 Å². The SMILES string of the molecule is Cc1ccc(OCCC(=O)Nc2nc(-c3ccco3)cs2)cc1C. The summed E-state index contributed by atoms with van der Waals surface area (Å²) < 4.78 is 10.9. The van der Waals surface area contributed by atoms with Crippen LogP contribution >= 0.6 is 11.3 Å². The number of anilines is 1. The second-order valence-corrected chi connectivity index (χ2v) is 6.27. The topological polar surface area (TPSA) is 64.4 Å². The lowest BCUT2D eigenvalue weighted by molar-refractivity contribution is -0.116. The Labute approximate surface area is 144 Å². The van der Waals surface area contributed by atoms with E-state index in [9.17, 15) is 4.79 Å². The van der Waals surface area contributed by atoms with E-state index < -0.39 is 0 Å². The maximum Gasteiger partial charge on any atom is 0.229 e. The van der Waals surface area contributed by atoms with Crippen LogP contribution < -0.4 is 10.1 Å². The predicted octanol–water partition coefficient (Wildman–Crippen LogP) is 4.43. The first-order chi connectivity index (χ1) is 11.6. The average molecular weight is 342 g/mol. The largest absolute Gasteiger partial charge is 0.493 e. The van der Waals surface area contributed by atoms with Crippen molar-refractivity contribution < 1.29 is 13.9 Å². The quantitative estimate of drug-likeness (QED) is 0.720. The molecule has 0 radical (unpaired) electrons. The molecule has 0 saturated heterocycles. The summed E-state index contributed by atoms with van der Waals surface area (Å²) in [6.45, 7) is 4.41. The van der Waals surface area contributed by atoms with Gasteiger partial charge in [0.2, 0.25) is 5.91 Å². The third kappa shape index (κ3) is 4.02. The summed E-state index contributed by atoms with van der Waals surface area (Å²) in [6, 6.07) is 9.53. The number of benzene rings is 1. The first kappa shape index (κ1) is 16.3. The van der Waals surface area contributed by atoms with E-state index in [4.69, 9.17) is 9.15 Å². The molecule has 24 heavy (non-hydrogen) atoms. The Morgan fingerprint density at radius 3 is 2.92 bits per heavy atom. The number of aryl methyl sites for hydroxylation is 2. The van der Waals surface area contributed by atoms with Gasteiger partial charge in [-0.15, -0.1) is 11.3 Å². The van der Waals surface area contributed by atoms with Crippen molar-refractivity contribution in [1.82, 2.24) is 4.98 Å². The Bertz CT molecular complexity index is 825. The number of furan rings is 1. The van der Waals surface area contributed by atoms with Crippen LogP contribution in [0.15, 0.2) is 46.4 Å². The van der Waals surface area contributed by atoms with Crippen LogP contribution in [0.4, 0.5) is 5.13 Å². The highest BCUT2D eigenvalue weighted by Gasteiger charge is 2.10. The molecular formula is C18H18N2O3S. The molecule has 0 fully saturated rings. The zero-order valence-corrected chi connectivity index (χ0v) is 14.4. The Hall–Kier alpha value is -2.60. The number of nitrogens with zero attached hydrogens (tertiary/aromatic N) is 1. The van der Waals surface area contributed by atoms with Crippen molar-refractivity contribution in [2.24, 2.45) is 0 Å². The molecule has 6 heteroatoms. The molecule has 2 heterocycles. The van der Waals surface area contributed by atoms with E-state index >= 15 is 0 Å².